The summed E-state index contributed by atoms with van der Waals surface area (Å²) in [5.74, 6) is -1.33. The largest absolute Gasteiger partial charge is 0.481 e. The fourth-order valence-corrected chi connectivity index (χ4v) is 6.11. The first-order valence-corrected chi connectivity index (χ1v) is 14.4. The Balaban J connectivity index is 1.65. The zero-order valence-electron chi connectivity index (χ0n) is 24.9. The number of amides is 2. The number of aliphatic carboxylic acids is 1. The summed E-state index contributed by atoms with van der Waals surface area (Å²) < 4.78 is 95.1. The number of nitrogens with zero attached hydrogens (tertiary/aromatic N) is 3. The highest BCUT2D eigenvalue weighted by atomic mass is 19.4. The highest BCUT2D eigenvalue weighted by Gasteiger charge is 2.52. The van der Waals surface area contributed by atoms with E-state index < -0.39 is 58.8 Å². The van der Waals surface area contributed by atoms with Crippen LogP contribution >= 0.6 is 0 Å². The molecule has 0 aromatic heterocycles. The number of piperidine rings is 1. The molecule has 1 aliphatic heterocycles. The number of carboxylic acid groups (broad SMARTS) is 1. The fraction of sp³-hybridized carbons (Fsp3) is 0.548. The van der Waals surface area contributed by atoms with E-state index >= 15 is 0 Å². The molecule has 0 spiro atoms. The van der Waals surface area contributed by atoms with E-state index in [0.717, 1.165) is 4.90 Å². The molecule has 242 valence electrons. The van der Waals surface area contributed by atoms with Crippen LogP contribution in [0.2, 0.25) is 0 Å². The molecule has 2 fully saturated rings. The van der Waals surface area contributed by atoms with Crippen molar-refractivity contribution in [1.29, 1.82) is 0 Å². The molecule has 0 radical (unpaired) electrons. The fourth-order valence-electron chi connectivity index (χ4n) is 6.11. The zero-order valence-corrected chi connectivity index (χ0v) is 24.9. The third-order valence-corrected chi connectivity index (χ3v) is 9.12. The van der Waals surface area contributed by atoms with E-state index in [1.165, 1.54) is 31.0 Å². The Kier molecular flexibility index (Phi) is 9.31. The summed E-state index contributed by atoms with van der Waals surface area (Å²) in [6.45, 7) is 6.08. The third-order valence-electron chi connectivity index (χ3n) is 9.12. The molecule has 1 heterocycles. The maximum atomic E-state index is 14.0. The van der Waals surface area contributed by atoms with Gasteiger partial charge >= 0.3 is 24.4 Å². The van der Waals surface area contributed by atoms with E-state index in [9.17, 15) is 45.4 Å². The van der Waals surface area contributed by atoms with Crippen LogP contribution in [0.25, 0.3) is 0 Å². The van der Waals surface area contributed by atoms with Gasteiger partial charge < -0.3 is 14.9 Å². The minimum atomic E-state index is -5.03. The molecular formula is C31H36F7N3O3. The van der Waals surface area contributed by atoms with Gasteiger partial charge in [0.15, 0.2) is 0 Å². The Hall–Kier alpha value is -3.35. The number of rotatable bonds is 8. The summed E-state index contributed by atoms with van der Waals surface area (Å²) in [6.07, 6.45) is -8.07. The Labute approximate surface area is 251 Å². The number of hydrogen-bond donors (Lipinski definition) is 1. The quantitative estimate of drug-likeness (QED) is 0.304. The average Bonchev–Trinajstić information content (AvgIpc) is 3.74. The van der Waals surface area contributed by atoms with E-state index in [1.54, 1.807) is 13.0 Å². The molecule has 0 bridgehead atoms. The molecule has 3 atom stereocenters. The summed E-state index contributed by atoms with van der Waals surface area (Å²) in [5, 5.41) is 9.74. The van der Waals surface area contributed by atoms with Crippen LogP contribution < -0.4 is 0 Å². The second-order valence-corrected chi connectivity index (χ2v) is 11.9. The molecule has 2 amide bonds. The van der Waals surface area contributed by atoms with E-state index in [-0.39, 0.29) is 24.2 Å². The molecule has 2 aromatic carbocycles. The van der Waals surface area contributed by atoms with Crippen molar-refractivity contribution in [3.63, 3.8) is 0 Å². The van der Waals surface area contributed by atoms with Crippen LogP contribution in [0.3, 0.4) is 0 Å². The molecular weight excluding hydrogens is 595 g/mol. The molecule has 3 unspecified atom stereocenters. The van der Waals surface area contributed by atoms with Crippen molar-refractivity contribution in [2.24, 2.45) is 5.41 Å². The molecule has 2 aromatic rings. The second-order valence-electron chi connectivity index (χ2n) is 11.9. The zero-order chi connectivity index (χ0) is 32.8. The molecule has 44 heavy (non-hydrogen) atoms. The van der Waals surface area contributed by atoms with Gasteiger partial charge in [-0.2, -0.15) is 26.3 Å². The number of urea groups is 1. The van der Waals surface area contributed by atoms with Crippen LogP contribution in [0.1, 0.15) is 79.4 Å². The van der Waals surface area contributed by atoms with Crippen LogP contribution in [-0.4, -0.2) is 64.5 Å². The second kappa shape index (κ2) is 12.2. The molecule has 13 heteroatoms. The molecule has 1 saturated carbocycles. The van der Waals surface area contributed by atoms with Crippen molar-refractivity contribution in [1.82, 2.24) is 14.7 Å². The molecule has 1 saturated heterocycles. The molecule has 1 N–H and O–H groups in total. The summed E-state index contributed by atoms with van der Waals surface area (Å²) >= 11 is 0. The van der Waals surface area contributed by atoms with Crippen molar-refractivity contribution < 1.29 is 45.4 Å². The third kappa shape index (κ3) is 6.97. The van der Waals surface area contributed by atoms with Gasteiger partial charge in [-0.15, -0.1) is 0 Å². The molecule has 6 nitrogen and oxygen atoms in total. The molecule has 2 aliphatic rings. The maximum Gasteiger partial charge on any atom is 0.416 e. The number of alkyl halides is 6. The number of carbonyl (C=O) groups excluding carboxylic acids is 1. The Morgan fingerprint density at radius 2 is 1.64 bits per heavy atom. The van der Waals surface area contributed by atoms with Crippen molar-refractivity contribution in [2.45, 2.75) is 76.9 Å². The number of benzene rings is 2. The first kappa shape index (κ1) is 33.5. The highest BCUT2D eigenvalue weighted by Crippen LogP contribution is 2.48. The summed E-state index contributed by atoms with van der Waals surface area (Å²) in [7, 11) is 1.32. The number of aryl methyl sites for hydroxylation is 1. The summed E-state index contributed by atoms with van der Waals surface area (Å²) in [6, 6.07) is 2.97. The number of hydrogen-bond acceptors (Lipinski definition) is 3. The van der Waals surface area contributed by atoms with Crippen LogP contribution in [-0.2, 0) is 17.1 Å². The minimum Gasteiger partial charge on any atom is -0.481 e. The number of carboxylic acids is 1. The normalized spacial score (nSPS) is 20.9. The van der Waals surface area contributed by atoms with Gasteiger partial charge in [-0.05, 0) is 93.1 Å². The van der Waals surface area contributed by atoms with E-state index in [0.29, 0.717) is 62.0 Å². The predicted octanol–water partition coefficient (Wildman–Crippen LogP) is 7.68. The lowest BCUT2D eigenvalue weighted by Gasteiger charge is -2.46. The van der Waals surface area contributed by atoms with Gasteiger partial charge in [-0.3, -0.25) is 9.69 Å². The van der Waals surface area contributed by atoms with Crippen molar-refractivity contribution >= 4 is 12.0 Å². The first-order chi connectivity index (χ1) is 20.4. The van der Waals surface area contributed by atoms with Crippen LogP contribution in [0, 0.1) is 18.2 Å². The van der Waals surface area contributed by atoms with Crippen LogP contribution in [0.4, 0.5) is 35.5 Å². The van der Waals surface area contributed by atoms with Crippen LogP contribution in [0.5, 0.6) is 0 Å². The first-order valence-electron chi connectivity index (χ1n) is 14.4. The van der Waals surface area contributed by atoms with E-state index in [1.807, 2.05) is 6.92 Å². The summed E-state index contributed by atoms with van der Waals surface area (Å²) in [5.41, 5.74) is -2.84. The van der Waals surface area contributed by atoms with Crippen LogP contribution in [0.15, 0.2) is 36.4 Å². The lowest BCUT2D eigenvalue weighted by atomic mass is 9.88. The highest BCUT2D eigenvalue weighted by molar-refractivity contribution is 5.78. The van der Waals surface area contributed by atoms with Crippen molar-refractivity contribution in [3.05, 3.63) is 70.0 Å². The Bertz CT molecular complexity index is 1360. The molecule has 1 aliphatic carbocycles. The molecule has 4 rings (SSSR count). The van der Waals surface area contributed by atoms with E-state index in [2.05, 4.69) is 4.90 Å². The predicted molar refractivity (Wildman–Crippen MR) is 148 cm³/mol. The topological polar surface area (TPSA) is 64.1 Å². The average molecular weight is 632 g/mol. The standard InChI is InChI=1S/C31H36F7N3O3/c1-5-40(17-29(9-10-29)27(42)43)24-8-11-41(26(16-24)25-7-6-23(32)12-18(25)2)28(44)39(4)19(3)20-13-21(30(33,34)35)15-22(14-20)31(36,37)38/h6-7,12-15,19,24,26H,5,8-11,16-17H2,1-4H3,(H,42,43). The van der Waals surface area contributed by atoms with Gasteiger partial charge in [0.25, 0.3) is 0 Å². The van der Waals surface area contributed by atoms with Gasteiger partial charge in [0.1, 0.15) is 5.82 Å². The van der Waals surface area contributed by atoms with Gasteiger partial charge in [-0.25, -0.2) is 9.18 Å². The Morgan fingerprint density at radius 3 is 2.11 bits per heavy atom. The lowest BCUT2D eigenvalue weighted by Crippen LogP contribution is -2.52. The van der Waals surface area contributed by atoms with E-state index in [4.69, 9.17) is 0 Å². The van der Waals surface area contributed by atoms with Gasteiger partial charge in [0.05, 0.1) is 28.6 Å². The monoisotopic (exact) mass is 631 g/mol. The SMILES string of the molecule is CCN(CC1(C(=O)O)CC1)C1CCN(C(=O)N(C)C(C)c2cc(C(F)(F)F)cc(C(F)(F)F)c2)C(c2ccc(F)cc2C)C1. The number of halogens is 7. The number of likely N-dealkylation sites (tertiary alicyclic amines) is 1. The summed E-state index contributed by atoms with van der Waals surface area (Å²) in [4.78, 5) is 30.6. The van der Waals surface area contributed by atoms with Crippen molar-refractivity contribution in [2.75, 3.05) is 26.7 Å². The minimum absolute atomic E-state index is 0.0474. The van der Waals surface area contributed by atoms with Crippen molar-refractivity contribution in [3.8, 4) is 0 Å². The smallest absolute Gasteiger partial charge is 0.416 e. The number of carbonyl (C=O) groups is 2. The van der Waals surface area contributed by atoms with Gasteiger partial charge in [0.2, 0.25) is 0 Å². The van der Waals surface area contributed by atoms with Gasteiger partial charge in [-0.1, -0.05) is 13.0 Å². The van der Waals surface area contributed by atoms with Gasteiger partial charge in [0, 0.05) is 26.2 Å². The maximum absolute atomic E-state index is 14.0. The Morgan fingerprint density at radius 1 is 1.05 bits per heavy atom. The lowest BCUT2D eigenvalue weighted by molar-refractivity contribution is -0.145.